The number of non-ortho nitro benzene ring substituents is 1. The molecular formula is C17H18N4O5S. The van der Waals surface area contributed by atoms with Crippen LogP contribution in [0.5, 0.6) is 5.75 Å². The van der Waals surface area contributed by atoms with Gasteiger partial charge in [-0.25, -0.2) is 5.43 Å². The molecule has 2 N–H and O–H groups in total. The van der Waals surface area contributed by atoms with Crippen molar-refractivity contribution in [1.82, 2.24) is 5.43 Å². The first-order valence-corrected chi connectivity index (χ1v) is 8.73. The summed E-state index contributed by atoms with van der Waals surface area (Å²) < 4.78 is 5.09. The summed E-state index contributed by atoms with van der Waals surface area (Å²) in [5.74, 6) is -0.423. The number of hydrogen-bond donors (Lipinski definition) is 2. The van der Waals surface area contributed by atoms with E-state index in [9.17, 15) is 19.7 Å². The number of hydrazone groups is 1. The van der Waals surface area contributed by atoms with Gasteiger partial charge in [0.25, 0.3) is 5.69 Å². The third-order valence-electron chi connectivity index (χ3n) is 3.37. The summed E-state index contributed by atoms with van der Waals surface area (Å²) in [5.41, 5.74) is 2.80. The van der Waals surface area contributed by atoms with E-state index in [0.717, 1.165) is 4.88 Å². The minimum atomic E-state index is -0.565. The van der Waals surface area contributed by atoms with Gasteiger partial charge in [0.05, 0.1) is 30.6 Å². The van der Waals surface area contributed by atoms with E-state index in [1.54, 1.807) is 6.92 Å². The topological polar surface area (TPSA) is 123 Å². The quantitative estimate of drug-likeness (QED) is 0.407. The molecule has 0 aliphatic heterocycles. The molecule has 0 bridgehead atoms. The maximum Gasteiger partial charge on any atom is 0.271 e. The maximum atomic E-state index is 12.1. The zero-order chi connectivity index (χ0) is 19.8. The number of carbonyl (C=O) groups is 2. The predicted octanol–water partition coefficient (Wildman–Crippen LogP) is 2.73. The maximum absolute atomic E-state index is 12.1. The van der Waals surface area contributed by atoms with Crippen LogP contribution < -0.4 is 15.5 Å². The highest BCUT2D eigenvalue weighted by atomic mass is 32.1. The largest absolute Gasteiger partial charge is 0.495 e. The van der Waals surface area contributed by atoms with E-state index in [4.69, 9.17) is 4.74 Å². The third-order valence-corrected chi connectivity index (χ3v) is 4.25. The molecule has 2 aromatic rings. The first kappa shape index (κ1) is 20.0. The highest BCUT2D eigenvalue weighted by Crippen LogP contribution is 2.28. The van der Waals surface area contributed by atoms with Crippen LogP contribution in [-0.2, 0) is 16.0 Å². The molecule has 27 heavy (non-hydrogen) atoms. The molecule has 0 saturated heterocycles. The number of nitrogens with zero attached hydrogens (tertiary/aromatic N) is 2. The molecule has 0 spiro atoms. The number of hydrogen-bond acceptors (Lipinski definition) is 7. The van der Waals surface area contributed by atoms with Crippen LogP contribution in [0.25, 0.3) is 0 Å². The van der Waals surface area contributed by atoms with Crippen LogP contribution in [0.3, 0.4) is 0 Å². The fourth-order valence-electron chi connectivity index (χ4n) is 2.14. The van der Waals surface area contributed by atoms with Gasteiger partial charge in [-0.1, -0.05) is 6.07 Å². The average molecular weight is 390 g/mol. The predicted molar refractivity (Wildman–Crippen MR) is 102 cm³/mol. The van der Waals surface area contributed by atoms with E-state index in [0.29, 0.717) is 11.5 Å². The molecule has 2 amide bonds. The molecule has 0 saturated carbocycles. The molecule has 1 heterocycles. The third kappa shape index (κ3) is 6.19. The number of nitro groups is 1. The lowest BCUT2D eigenvalue weighted by molar-refractivity contribution is -0.384. The first-order chi connectivity index (χ1) is 12.9. The monoisotopic (exact) mass is 390 g/mol. The smallest absolute Gasteiger partial charge is 0.271 e. The van der Waals surface area contributed by atoms with Crippen LogP contribution in [0.2, 0.25) is 0 Å². The number of nitrogens with one attached hydrogen (secondary N) is 2. The van der Waals surface area contributed by atoms with Gasteiger partial charge in [-0.15, -0.1) is 11.3 Å². The zero-order valence-electron chi connectivity index (χ0n) is 14.7. The lowest BCUT2D eigenvalue weighted by atomic mass is 10.2. The van der Waals surface area contributed by atoms with E-state index in [2.05, 4.69) is 15.8 Å². The lowest BCUT2D eigenvalue weighted by Gasteiger charge is -2.10. The summed E-state index contributed by atoms with van der Waals surface area (Å²) in [6.45, 7) is 1.59. The van der Waals surface area contributed by atoms with E-state index in [1.165, 1.54) is 36.6 Å². The summed E-state index contributed by atoms with van der Waals surface area (Å²) >= 11 is 1.47. The van der Waals surface area contributed by atoms with Gasteiger partial charge in [-0.3, -0.25) is 19.7 Å². The van der Waals surface area contributed by atoms with Crippen LogP contribution in [-0.4, -0.2) is 29.6 Å². The normalized spacial score (nSPS) is 11.0. The Bertz CT molecular complexity index is 864. The molecular weight excluding hydrogens is 372 g/mol. The standard InChI is InChI=1S/C17H18N4O5S/c1-11(19-20-17(23)10-13-4-3-7-27-13)8-16(22)18-14-9-12(21(24)25)5-6-15(14)26-2/h3-7,9H,8,10H2,1-2H3,(H,18,22)(H,20,23)/b19-11-. The second kappa shape index (κ2) is 9.43. The molecule has 0 aliphatic carbocycles. The minimum Gasteiger partial charge on any atom is -0.495 e. The molecule has 0 fully saturated rings. The van der Waals surface area contributed by atoms with E-state index in [-0.39, 0.29) is 30.1 Å². The Labute approximate surface area is 159 Å². The molecule has 0 radical (unpaired) electrons. The van der Waals surface area contributed by atoms with Crippen molar-refractivity contribution >= 4 is 40.2 Å². The SMILES string of the molecule is COc1ccc([N+](=O)[O-])cc1NC(=O)C/C(C)=N\NC(=O)Cc1cccs1. The van der Waals surface area contributed by atoms with Gasteiger partial charge in [-0.2, -0.15) is 5.10 Å². The number of methoxy groups -OCH3 is 1. The van der Waals surface area contributed by atoms with Crippen molar-refractivity contribution in [3.63, 3.8) is 0 Å². The molecule has 0 aliphatic rings. The van der Waals surface area contributed by atoms with Crippen molar-refractivity contribution < 1.29 is 19.2 Å². The van der Waals surface area contributed by atoms with Gasteiger partial charge in [0.15, 0.2) is 0 Å². The van der Waals surface area contributed by atoms with E-state index in [1.807, 2.05) is 17.5 Å². The average Bonchev–Trinajstić information content (AvgIpc) is 3.12. The highest BCUT2D eigenvalue weighted by Gasteiger charge is 2.14. The number of rotatable bonds is 8. The lowest BCUT2D eigenvalue weighted by Crippen LogP contribution is -2.22. The number of anilines is 1. The zero-order valence-corrected chi connectivity index (χ0v) is 15.5. The van der Waals surface area contributed by atoms with Gasteiger partial charge >= 0.3 is 0 Å². The van der Waals surface area contributed by atoms with Crippen molar-refractivity contribution in [3.8, 4) is 5.75 Å². The Hall–Kier alpha value is -3.27. The Morgan fingerprint density at radius 2 is 2.07 bits per heavy atom. The first-order valence-electron chi connectivity index (χ1n) is 7.85. The van der Waals surface area contributed by atoms with Gasteiger partial charge in [0.1, 0.15) is 5.75 Å². The van der Waals surface area contributed by atoms with Crippen molar-refractivity contribution in [3.05, 3.63) is 50.7 Å². The van der Waals surface area contributed by atoms with Gasteiger partial charge in [0, 0.05) is 22.7 Å². The molecule has 10 heteroatoms. The second-order valence-electron chi connectivity index (χ2n) is 5.50. The number of benzene rings is 1. The van der Waals surface area contributed by atoms with Gasteiger partial charge < -0.3 is 10.1 Å². The molecule has 0 atom stereocenters. The van der Waals surface area contributed by atoms with Gasteiger partial charge in [-0.05, 0) is 24.4 Å². The molecule has 2 rings (SSSR count). The fraction of sp³-hybridized carbons (Fsp3) is 0.235. The van der Waals surface area contributed by atoms with Crippen molar-refractivity contribution in [2.24, 2.45) is 5.10 Å². The molecule has 1 aromatic heterocycles. The molecule has 1 aromatic carbocycles. The summed E-state index contributed by atoms with van der Waals surface area (Å²) in [7, 11) is 1.40. The molecule has 0 unspecified atom stereocenters. The Kier molecular flexibility index (Phi) is 7.00. The highest BCUT2D eigenvalue weighted by molar-refractivity contribution is 7.10. The van der Waals surface area contributed by atoms with E-state index < -0.39 is 10.8 Å². The van der Waals surface area contributed by atoms with Crippen LogP contribution in [0.15, 0.2) is 40.8 Å². The molecule has 142 valence electrons. The van der Waals surface area contributed by atoms with Gasteiger partial charge in [0.2, 0.25) is 11.8 Å². The number of nitro benzene ring substituents is 1. The Morgan fingerprint density at radius 3 is 2.70 bits per heavy atom. The van der Waals surface area contributed by atoms with E-state index >= 15 is 0 Å². The van der Waals surface area contributed by atoms with Crippen molar-refractivity contribution in [2.45, 2.75) is 19.8 Å². The summed E-state index contributed by atoms with van der Waals surface area (Å²) in [6, 6.07) is 7.60. The number of carbonyl (C=O) groups excluding carboxylic acids is 2. The number of thiophene rings is 1. The Morgan fingerprint density at radius 1 is 1.30 bits per heavy atom. The van der Waals surface area contributed by atoms with Crippen LogP contribution in [0.1, 0.15) is 18.2 Å². The summed E-state index contributed by atoms with van der Waals surface area (Å²) in [5, 5.41) is 19.2. The molecule has 9 nitrogen and oxygen atoms in total. The second-order valence-corrected chi connectivity index (χ2v) is 6.54. The van der Waals surface area contributed by atoms with Crippen molar-refractivity contribution in [1.29, 1.82) is 0 Å². The van der Waals surface area contributed by atoms with Crippen LogP contribution in [0.4, 0.5) is 11.4 Å². The minimum absolute atomic E-state index is 0.0921. The number of ether oxygens (including phenoxy) is 1. The van der Waals surface area contributed by atoms with Crippen LogP contribution in [0, 0.1) is 10.1 Å². The number of amides is 2. The summed E-state index contributed by atoms with van der Waals surface area (Å²) in [4.78, 5) is 35.1. The van der Waals surface area contributed by atoms with Crippen molar-refractivity contribution in [2.75, 3.05) is 12.4 Å². The fourth-order valence-corrected chi connectivity index (χ4v) is 2.85. The Balaban J connectivity index is 1.93. The summed E-state index contributed by atoms with van der Waals surface area (Å²) in [6.07, 6.45) is 0.122. The van der Waals surface area contributed by atoms with Crippen LogP contribution >= 0.6 is 11.3 Å².